The first-order valence-electron chi connectivity index (χ1n) is 8.14. The highest BCUT2D eigenvalue weighted by atomic mass is 16.7. The predicted molar refractivity (Wildman–Crippen MR) is 84.9 cm³/mol. The first kappa shape index (κ1) is 14.7. The van der Waals surface area contributed by atoms with Crippen molar-refractivity contribution in [3.63, 3.8) is 0 Å². The van der Waals surface area contributed by atoms with Crippen molar-refractivity contribution in [2.24, 2.45) is 0 Å². The zero-order chi connectivity index (χ0) is 15.9. The predicted octanol–water partition coefficient (Wildman–Crippen LogP) is 1.71. The molecule has 3 heterocycles. The van der Waals surface area contributed by atoms with Crippen LogP contribution in [-0.2, 0) is 20.8 Å². The summed E-state index contributed by atoms with van der Waals surface area (Å²) in [5.41, 5.74) is 1.94. The zero-order valence-corrected chi connectivity index (χ0v) is 13.3. The number of nitrogens with zero attached hydrogens (tertiary/aromatic N) is 3. The quantitative estimate of drug-likeness (QED) is 0.846. The molecule has 0 unspecified atom stereocenters. The Bertz CT molecular complexity index is 724. The van der Waals surface area contributed by atoms with Gasteiger partial charge >= 0.3 is 0 Å². The Labute approximate surface area is 135 Å². The maximum atomic E-state index is 12.7. The molecule has 122 valence electrons. The highest BCUT2D eigenvalue weighted by molar-refractivity contribution is 5.81. The number of hydrogen-bond acceptors (Lipinski definition) is 4. The van der Waals surface area contributed by atoms with Crippen LogP contribution < -0.4 is 0 Å². The van der Waals surface area contributed by atoms with E-state index >= 15 is 0 Å². The Balaban J connectivity index is 1.46. The van der Waals surface area contributed by atoms with Crippen molar-refractivity contribution < 1.29 is 14.3 Å². The van der Waals surface area contributed by atoms with E-state index in [1.807, 2.05) is 40.7 Å². The van der Waals surface area contributed by atoms with Crippen molar-refractivity contribution in [3.8, 4) is 0 Å². The summed E-state index contributed by atoms with van der Waals surface area (Å²) in [5.74, 6) is 0.564. The number of para-hydroxylation sites is 2. The zero-order valence-electron chi connectivity index (χ0n) is 13.3. The van der Waals surface area contributed by atoms with E-state index in [-0.39, 0.29) is 5.91 Å². The van der Waals surface area contributed by atoms with E-state index in [1.165, 1.54) is 0 Å². The highest BCUT2D eigenvalue weighted by Crippen LogP contribution is 2.31. The highest BCUT2D eigenvalue weighted by Gasteiger charge is 2.40. The van der Waals surface area contributed by atoms with Gasteiger partial charge in [-0.3, -0.25) is 4.79 Å². The van der Waals surface area contributed by atoms with Gasteiger partial charge in [0, 0.05) is 25.9 Å². The van der Waals surface area contributed by atoms with Gasteiger partial charge in [0.1, 0.15) is 12.4 Å². The third kappa shape index (κ3) is 2.62. The van der Waals surface area contributed by atoms with Gasteiger partial charge in [-0.1, -0.05) is 12.1 Å². The molecule has 23 heavy (non-hydrogen) atoms. The Hall–Kier alpha value is -1.92. The number of likely N-dealkylation sites (tertiary alicyclic amines) is 1. The Morgan fingerprint density at radius 2 is 1.91 bits per heavy atom. The van der Waals surface area contributed by atoms with Crippen molar-refractivity contribution >= 4 is 16.9 Å². The molecule has 0 saturated carbocycles. The first-order valence-corrected chi connectivity index (χ1v) is 8.14. The lowest BCUT2D eigenvalue weighted by Crippen LogP contribution is -2.48. The van der Waals surface area contributed by atoms with E-state index in [4.69, 9.17) is 9.47 Å². The van der Waals surface area contributed by atoms with Crippen LogP contribution in [0.3, 0.4) is 0 Å². The number of rotatable bonds is 2. The number of imidazole rings is 1. The lowest BCUT2D eigenvalue weighted by Gasteiger charge is -2.37. The van der Waals surface area contributed by atoms with Crippen LogP contribution in [0.15, 0.2) is 24.3 Å². The van der Waals surface area contributed by atoms with Gasteiger partial charge < -0.3 is 18.9 Å². The number of aromatic nitrogens is 2. The summed E-state index contributed by atoms with van der Waals surface area (Å²) < 4.78 is 13.4. The van der Waals surface area contributed by atoms with E-state index < -0.39 is 5.79 Å². The monoisotopic (exact) mass is 315 g/mol. The maximum absolute atomic E-state index is 12.7. The summed E-state index contributed by atoms with van der Waals surface area (Å²) in [4.78, 5) is 19.1. The number of hydrogen-bond donors (Lipinski definition) is 0. The van der Waals surface area contributed by atoms with Crippen LogP contribution in [0.25, 0.3) is 11.0 Å². The molecule has 1 aromatic heterocycles. The molecule has 1 spiro atoms. The summed E-state index contributed by atoms with van der Waals surface area (Å²) in [7, 11) is 0. The molecule has 2 fully saturated rings. The molecule has 4 rings (SSSR count). The number of ether oxygens (including phenoxy) is 2. The molecule has 0 aliphatic carbocycles. The van der Waals surface area contributed by atoms with Crippen LogP contribution in [0.5, 0.6) is 0 Å². The molecule has 6 nitrogen and oxygen atoms in total. The second-order valence-electron chi connectivity index (χ2n) is 6.22. The van der Waals surface area contributed by atoms with Gasteiger partial charge in [-0.25, -0.2) is 4.98 Å². The molecule has 2 aliphatic heterocycles. The summed E-state index contributed by atoms with van der Waals surface area (Å²) >= 11 is 0. The van der Waals surface area contributed by atoms with Crippen LogP contribution in [0.2, 0.25) is 0 Å². The molecule has 0 bridgehead atoms. The number of carbonyl (C=O) groups is 1. The van der Waals surface area contributed by atoms with Crippen molar-refractivity contribution in [1.29, 1.82) is 0 Å². The van der Waals surface area contributed by atoms with E-state index in [9.17, 15) is 4.79 Å². The third-order valence-corrected chi connectivity index (χ3v) is 4.83. The number of carbonyl (C=O) groups excluding carboxylic acids is 1. The van der Waals surface area contributed by atoms with E-state index in [2.05, 4.69) is 4.98 Å². The number of benzene rings is 1. The maximum Gasteiger partial charge on any atom is 0.242 e. The molecule has 0 N–H and O–H groups in total. The lowest BCUT2D eigenvalue weighted by atomic mass is 10.0. The minimum Gasteiger partial charge on any atom is -0.347 e. The fourth-order valence-electron chi connectivity index (χ4n) is 3.51. The number of aryl methyl sites for hydroxylation is 1. The summed E-state index contributed by atoms with van der Waals surface area (Å²) in [6.07, 6.45) is 1.50. The molecule has 2 aliphatic rings. The Morgan fingerprint density at radius 1 is 1.22 bits per heavy atom. The molecular formula is C17H21N3O3. The van der Waals surface area contributed by atoms with E-state index in [1.54, 1.807) is 0 Å². The van der Waals surface area contributed by atoms with Gasteiger partial charge in [0.25, 0.3) is 0 Å². The number of piperidine rings is 1. The third-order valence-electron chi connectivity index (χ3n) is 4.83. The Kier molecular flexibility index (Phi) is 3.58. The molecule has 2 saturated heterocycles. The smallest absolute Gasteiger partial charge is 0.242 e. The van der Waals surface area contributed by atoms with E-state index in [0.717, 1.165) is 29.7 Å². The van der Waals surface area contributed by atoms with E-state index in [0.29, 0.717) is 32.8 Å². The normalized spacial score (nSPS) is 20.5. The second kappa shape index (κ2) is 5.62. The Morgan fingerprint density at radius 3 is 2.65 bits per heavy atom. The minimum absolute atomic E-state index is 0.129. The summed E-state index contributed by atoms with van der Waals surface area (Å²) in [5, 5.41) is 0. The summed E-state index contributed by atoms with van der Waals surface area (Å²) in [6, 6.07) is 7.92. The lowest BCUT2D eigenvalue weighted by molar-refractivity contribution is -0.187. The van der Waals surface area contributed by atoms with Crippen LogP contribution in [-0.4, -0.2) is 52.4 Å². The van der Waals surface area contributed by atoms with Crippen molar-refractivity contribution in [2.45, 2.75) is 32.1 Å². The molecule has 1 amide bonds. The number of amides is 1. The van der Waals surface area contributed by atoms with Crippen LogP contribution in [0.1, 0.15) is 18.7 Å². The topological polar surface area (TPSA) is 56.6 Å². The van der Waals surface area contributed by atoms with Crippen LogP contribution in [0.4, 0.5) is 0 Å². The largest absolute Gasteiger partial charge is 0.347 e. The fourth-order valence-corrected chi connectivity index (χ4v) is 3.51. The van der Waals surface area contributed by atoms with Gasteiger partial charge in [-0.15, -0.1) is 0 Å². The van der Waals surface area contributed by atoms with Gasteiger partial charge in [0.15, 0.2) is 5.79 Å². The molecule has 0 radical (unpaired) electrons. The van der Waals surface area contributed by atoms with Gasteiger partial charge in [-0.2, -0.15) is 0 Å². The van der Waals surface area contributed by atoms with Crippen LogP contribution >= 0.6 is 0 Å². The molecule has 0 atom stereocenters. The molecular weight excluding hydrogens is 294 g/mol. The molecule has 1 aromatic carbocycles. The fraction of sp³-hybridized carbons (Fsp3) is 0.529. The van der Waals surface area contributed by atoms with Crippen molar-refractivity contribution in [3.05, 3.63) is 30.1 Å². The number of fused-ring (bicyclic) bond motifs is 1. The van der Waals surface area contributed by atoms with Gasteiger partial charge in [-0.05, 0) is 19.1 Å². The molecule has 2 aromatic rings. The minimum atomic E-state index is -0.436. The average molecular weight is 315 g/mol. The molecule has 6 heteroatoms. The first-order chi connectivity index (χ1) is 11.2. The second-order valence-corrected chi connectivity index (χ2v) is 6.22. The van der Waals surface area contributed by atoms with Crippen LogP contribution in [0, 0.1) is 6.92 Å². The van der Waals surface area contributed by atoms with Gasteiger partial charge in [0.05, 0.1) is 24.2 Å². The standard InChI is InChI=1S/C17H21N3O3/c1-13-18-14-4-2-3-5-15(14)20(13)12-16(21)19-8-6-17(7-9-19)22-10-11-23-17/h2-5H,6-12H2,1H3. The van der Waals surface area contributed by atoms with Crippen molar-refractivity contribution in [1.82, 2.24) is 14.5 Å². The SMILES string of the molecule is Cc1nc2ccccc2n1CC(=O)N1CCC2(CC1)OCCO2. The van der Waals surface area contributed by atoms with Crippen molar-refractivity contribution in [2.75, 3.05) is 26.3 Å². The van der Waals surface area contributed by atoms with Gasteiger partial charge in [0.2, 0.25) is 5.91 Å². The summed E-state index contributed by atoms with van der Waals surface area (Å²) in [6.45, 7) is 4.97. The average Bonchev–Trinajstić information content (AvgIpc) is 3.14.